The van der Waals surface area contributed by atoms with E-state index in [9.17, 15) is 4.79 Å². The number of nitrogens with zero attached hydrogens (tertiary/aromatic N) is 1. The van der Waals surface area contributed by atoms with Gasteiger partial charge in [-0.15, -0.1) is 24.8 Å². The molecule has 1 aliphatic carbocycles. The zero-order valence-corrected chi connectivity index (χ0v) is 15.6. The van der Waals surface area contributed by atoms with Gasteiger partial charge in [-0.3, -0.25) is 4.79 Å². The number of benzene rings is 1. The lowest BCUT2D eigenvalue weighted by Gasteiger charge is -2.17. The van der Waals surface area contributed by atoms with Crippen molar-refractivity contribution in [2.24, 2.45) is 17.6 Å². The van der Waals surface area contributed by atoms with Crippen LogP contribution in [0.15, 0.2) is 24.3 Å². The molecule has 0 radical (unpaired) electrons. The highest BCUT2D eigenvalue weighted by atomic mass is 35.5. The van der Waals surface area contributed by atoms with Gasteiger partial charge in [-0.1, -0.05) is 18.6 Å². The van der Waals surface area contributed by atoms with Gasteiger partial charge in [0.15, 0.2) is 0 Å². The smallest absolute Gasteiger partial charge is 0.227 e. The first-order chi connectivity index (χ1) is 10.1. The van der Waals surface area contributed by atoms with E-state index in [1.165, 1.54) is 5.56 Å². The van der Waals surface area contributed by atoms with E-state index in [2.05, 4.69) is 36.4 Å². The van der Waals surface area contributed by atoms with Crippen molar-refractivity contribution in [3.8, 4) is 0 Å². The Morgan fingerprint density at radius 2 is 1.87 bits per heavy atom. The number of anilines is 1. The Labute approximate surface area is 152 Å². The summed E-state index contributed by atoms with van der Waals surface area (Å²) in [5.41, 5.74) is 7.93. The minimum absolute atomic E-state index is 0. The van der Waals surface area contributed by atoms with Gasteiger partial charge in [0.25, 0.3) is 0 Å². The normalized spacial score (nSPS) is 19.8. The molecule has 0 saturated heterocycles. The molecule has 132 valence electrons. The fraction of sp³-hybridized carbons (Fsp3) is 0.588. The highest BCUT2D eigenvalue weighted by Crippen LogP contribution is 2.31. The first-order valence-electron chi connectivity index (χ1n) is 7.84. The molecule has 23 heavy (non-hydrogen) atoms. The summed E-state index contributed by atoms with van der Waals surface area (Å²) in [6.07, 6.45) is 4.19. The van der Waals surface area contributed by atoms with Crippen molar-refractivity contribution < 1.29 is 4.79 Å². The molecular formula is C17H29Cl2N3O. The van der Waals surface area contributed by atoms with E-state index < -0.39 is 0 Å². The summed E-state index contributed by atoms with van der Waals surface area (Å²) in [5.74, 6) is 0.566. The summed E-state index contributed by atoms with van der Waals surface area (Å²) in [5, 5.41) is 3.04. The molecule has 0 spiro atoms. The van der Waals surface area contributed by atoms with E-state index in [1.807, 2.05) is 12.1 Å². The summed E-state index contributed by atoms with van der Waals surface area (Å²) in [6, 6.07) is 8.17. The van der Waals surface area contributed by atoms with Crippen LogP contribution in [0, 0.1) is 11.8 Å². The first kappa shape index (κ1) is 22.2. The molecule has 6 heteroatoms. The number of carbonyl (C=O) groups excluding carboxylic acids is 1. The topological polar surface area (TPSA) is 58.4 Å². The number of amides is 1. The molecule has 0 aliphatic heterocycles. The molecule has 4 nitrogen and oxygen atoms in total. The third-order valence-electron chi connectivity index (χ3n) is 4.37. The Hall–Kier alpha value is -0.810. The van der Waals surface area contributed by atoms with Crippen molar-refractivity contribution in [1.29, 1.82) is 0 Å². The molecule has 1 aliphatic rings. The van der Waals surface area contributed by atoms with Gasteiger partial charge in [0.1, 0.15) is 0 Å². The second-order valence-electron chi connectivity index (χ2n) is 6.27. The van der Waals surface area contributed by atoms with Gasteiger partial charge >= 0.3 is 0 Å². The lowest BCUT2D eigenvalue weighted by Crippen LogP contribution is -2.29. The van der Waals surface area contributed by atoms with Crippen LogP contribution in [0.4, 0.5) is 5.69 Å². The minimum atomic E-state index is 0. The second-order valence-corrected chi connectivity index (χ2v) is 6.27. The Bertz CT molecular complexity index is 465. The van der Waals surface area contributed by atoms with E-state index in [-0.39, 0.29) is 36.6 Å². The lowest BCUT2D eigenvalue weighted by atomic mass is 9.95. The predicted octanol–water partition coefficient (Wildman–Crippen LogP) is 2.95. The number of halogens is 2. The third-order valence-corrected chi connectivity index (χ3v) is 4.37. The maximum Gasteiger partial charge on any atom is 0.227 e. The molecule has 0 aromatic heterocycles. The largest absolute Gasteiger partial charge is 0.330 e. The summed E-state index contributed by atoms with van der Waals surface area (Å²) in [6.45, 7) is 1.65. The average Bonchev–Trinajstić information content (AvgIpc) is 2.95. The molecule has 3 N–H and O–H groups in total. The van der Waals surface area contributed by atoms with Crippen LogP contribution >= 0.6 is 24.8 Å². The maximum absolute atomic E-state index is 12.3. The number of hydrogen-bond donors (Lipinski definition) is 2. The standard InChI is InChI=1S/C17H27N3O.2ClH/c1-20(2)11-10-13-6-8-15(9-7-13)19-17(21)16-5-3-4-14(16)12-18;;/h6-9,14,16H,3-5,10-12,18H2,1-2H3,(H,19,21);2*1H/t14-,16-;;/m1../s1. The molecule has 1 aromatic rings. The molecule has 1 fully saturated rings. The fourth-order valence-corrected chi connectivity index (χ4v) is 3.01. The van der Waals surface area contributed by atoms with Gasteiger partial charge in [0.2, 0.25) is 5.91 Å². The van der Waals surface area contributed by atoms with Crippen molar-refractivity contribution >= 4 is 36.4 Å². The van der Waals surface area contributed by atoms with Crippen LogP contribution in [0.3, 0.4) is 0 Å². The van der Waals surface area contributed by atoms with Crippen LogP contribution in [0.2, 0.25) is 0 Å². The van der Waals surface area contributed by atoms with Gasteiger partial charge in [0, 0.05) is 18.2 Å². The highest BCUT2D eigenvalue weighted by Gasteiger charge is 2.31. The monoisotopic (exact) mass is 361 g/mol. The summed E-state index contributed by atoms with van der Waals surface area (Å²) >= 11 is 0. The van der Waals surface area contributed by atoms with Crippen LogP contribution < -0.4 is 11.1 Å². The van der Waals surface area contributed by atoms with Crippen LogP contribution in [0.5, 0.6) is 0 Å². The average molecular weight is 362 g/mol. The Balaban J connectivity index is 0.00000242. The molecule has 2 rings (SSSR count). The van der Waals surface area contributed by atoms with Crippen LogP contribution in [-0.4, -0.2) is 38.0 Å². The van der Waals surface area contributed by atoms with E-state index in [1.54, 1.807) is 0 Å². The predicted molar refractivity (Wildman–Crippen MR) is 102 cm³/mol. The quantitative estimate of drug-likeness (QED) is 0.818. The number of nitrogens with one attached hydrogen (secondary N) is 1. The SMILES string of the molecule is CN(C)CCc1ccc(NC(=O)[C@@H]2CCC[C@@H]2CN)cc1.Cl.Cl. The fourth-order valence-electron chi connectivity index (χ4n) is 3.01. The Kier molecular flexibility index (Phi) is 10.5. The number of hydrogen-bond acceptors (Lipinski definition) is 3. The van der Waals surface area contributed by atoms with Gasteiger partial charge in [-0.05, 0) is 63.5 Å². The number of likely N-dealkylation sites (N-methyl/N-ethyl adjacent to an activating group) is 1. The zero-order valence-electron chi connectivity index (χ0n) is 14.0. The molecule has 2 atom stereocenters. The van der Waals surface area contributed by atoms with Gasteiger partial charge in [-0.2, -0.15) is 0 Å². The Morgan fingerprint density at radius 3 is 2.43 bits per heavy atom. The van der Waals surface area contributed by atoms with Gasteiger partial charge in [0.05, 0.1) is 0 Å². The molecule has 0 unspecified atom stereocenters. The molecule has 0 bridgehead atoms. The number of rotatable bonds is 6. The maximum atomic E-state index is 12.3. The van der Waals surface area contributed by atoms with Crippen LogP contribution in [-0.2, 0) is 11.2 Å². The minimum Gasteiger partial charge on any atom is -0.330 e. The van der Waals surface area contributed by atoms with Crippen molar-refractivity contribution in [2.75, 3.05) is 32.5 Å². The summed E-state index contributed by atoms with van der Waals surface area (Å²) < 4.78 is 0. The molecule has 1 saturated carbocycles. The second kappa shape index (κ2) is 10.9. The van der Waals surface area contributed by atoms with Crippen molar-refractivity contribution in [2.45, 2.75) is 25.7 Å². The van der Waals surface area contributed by atoms with E-state index in [0.29, 0.717) is 12.5 Å². The van der Waals surface area contributed by atoms with Crippen molar-refractivity contribution in [3.63, 3.8) is 0 Å². The van der Waals surface area contributed by atoms with Crippen molar-refractivity contribution in [1.82, 2.24) is 4.90 Å². The molecular weight excluding hydrogens is 333 g/mol. The summed E-state index contributed by atoms with van der Waals surface area (Å²) in [4.78, 5) is 14.5. The van der Waals surface area contributed by atoms with Crippen LogP contribution in [0.25, 0.3) is 0 Å². The Morgan fingerprint density at radius 1 is 1.22 bits per heavy atom. The number of carbonyl (C=O) groups is 1. The summed E-state index contributed by atoms with van der Waals surface area (Å²) in [7, 11) is 4.15. The first-order valence-corrected chi connectivity index (χ1v) is 7.84. The molecule has 1 amide bonds. The van der Waals surface area contributed by atoms with Crippen molar-refractivity contribution in [3.05, 3.63) is 29.8 Å². The highest BCUT2D eigenvalue weighted by molar-refractivity contribution is 5.92. The van der Waals surface area contributed by atoms with Gasteiger partial charge < -0.3 is 16.0 Å². The zero-order chi connectivity index (χ0) is 15.2. The third kappa shape index (κ3) is 6.68. The van der Waals surface area contributed by atoms with E-state index in [4.69, 9.17) is 5.73 Å². The molecule has 1 aromatic carbocycles. The number of nitrogens with two attached hydrogens (primary N) is 1. The lowest BCUT2D eigenvalue weighted by molar-refractivity contribution is -0.120. The van der Waals surface area contributed by atoms with E-state index in [0.717, 1.165) is 37.9 Å². The van der Waals surface area contributed by atoms with Crippen LogP contribution in [0.1, 0.15) is 24.8 Å². The van der Waals surface area contributed by atoms with Gasteiger partial charge in [-0.25, -0.2) is 0 Å². The molecule has 0 heterocycles. The van der Waals surface area contributed by atoms with E-state index >= 15 is 0 Å².